The maximum Gasteiger partial charge on any atom is 0.209 e. The van der Waals surface area contributed by atoms with Crippen molar-refractivity contribution < 1.29 is 17.9 Å². The fourth-order valence-corrected chi connectivity index (χ4v) is 2.41. The predicted octanol–water partition coefficient (Wildman–Crippen LogP) is -0.206. The average molecular weight is 280 g/mol. The zero-order chi connectivity index (χ0) is 13.3. The molecule has 0 bridgehead atoms. The number of unbranched alkanes of at least 4 members (excludes halogenated alkanes) is 2. The fraction of sp³-hybridized carbons (Fsp3) is 1.00. The first-order chi connectivity index (χ1) is 8.58. The molecule has 6 nitrogen and oxygen atoms in total. The third-order valence-electron chi connectivity index (χ3n) is 2.87. The summed E-state index contributed by atoms with van der Waals surface area (Å²) in [5.74, 6) is 0.0702. The van der Waals surface area contributed by atoms with E-state index in [4.69, 9.17) is 14.6 Å². The Morgan fingerprint density at radius 2 is 1.83 bits per heavy atom. The van der Waals surface area contributed by atoms with Crippen LogP contribution in [0.25, 0.3) is 0 Å². The molecule has 7 heteroatoms. The molecule has 1 heterocycles. The summed E-state index contributed by atoms with van der Waals surface area (Å²) in [7, 11) is -3.30. The Bertz CT molecular complexity index is 302. The van der Waals surface area contributed by atoms with Gasteiger partial charge in [0.15, 0.2) is 0 Å². The fourth-order valence-electron chi connectivity index (χ4n) is 1.80. The van der Waals surface area contributed by atoms with E-state index in [0.717, 1.165) is 52.3 Å². The molecule has 108 valence electrons. The number of morpholine rings is 1. The average Bonchev–Trinajstić information content (AvgIpc) is 2.32. The van der Waals surface area contributed by atoms with Gasteiger partial charge in [-0.15, -0.1) is 0 Å². The van der Waals surface area contributed by atoms with Crippen molar-refractivity contribution in [2.24, 2.45) is 5.14 Å². The van der Waals surface area contributed by atoms with Crippen molar-refractivity contribution in [3.63, 3.8) is 0 Å². The molecule has 18 heavy (non-hydrogen) atoms. The van der Waals surface area contributed by atoms with Gasteiger partial charge in [0.25, 0.3) is 0 Å². The minimum Gasteiger partial charge on any atom is -0.380 e. The summed E-state index contributed by atoms with van der Waals surface area (Å²) < 4.78 is 32.1. The van der Waals surface area contributed by atoms with Gasteiger partial charge in [-0.2, -0.15) is 0 Å². The molecule has 1 aliphatic heterocycles. The number of ether oxygens (including phenoxy) is 2. The number of sulfonamides is 1. The van der Waals surface area contributed by atoms with E-state index in [2.05, 4.69) is 4.90 Å². The van der Waals surface area contributed by atoms with E-state index in [1.165, 1.54) is 0 Å². The van der Waals surface area contributed by atoms with Gasteiger partial charge < -0.3 is 9.47 Å². The molecule has 1 aliphatic rings. The van der Waals surface area contributed by atoms with Crippen molar-refractivity contribution in [2.75, 3.05) is 51.8 Å². The summed E-state index contributed by atoms with van der Waals surface area (Å²) in [5, 5.41) is 4.91. The monoisotopic (exact) mass is 280 g/mol. The summed E-state index contributed by atoms with van der Waals surface area (Å²) in [6, 6.07) is 0. The van der Waals surface area contributed by atoms with Gasteiger partial charge in [-0.3, -0.25) is 4.90 Å². The van der Waals surface area contributed by atoms with Gasteiger partial charge in [0.05, 0.1) is 25.6 Å². The van der Waals surface area contributed by atoms with Crippen LogP contribution < -0.4 is 5.14 Å². The minimum atomic E-state index is -3.30. The zero-order valence-electron chi connectivity index (χ0n) is 10.8. The Balaban J connectivity index is 1.83. The van der Waals surface area contributed by atoms with Crippen molar-refractivity contribution >= 4 is 10.0 Å². The molecule has 1 rings (SSSR count). The lowest BCUT2D eigenvalue weighted by atomic mass is 10.3. The molecule has 0 spiro atoms. The smallest absolute Gasteiger partial charge is 0.209 e. The SMILES string of the molecule is NS(=O)(=O)CCCCCOCCN1CCOCC1. The van der Waals surface area contributed by atoms with Crippen LogP contribution in [0.15, 0.2) is 0 Å². The molecule has 0 aliphatic carbocycles. The molecule has 0 aromatic rings. The summed E-state index contributed by atoms with van der Waals surface area (Å²) >= 11 is 0. The summed E-state index contributed by atoms with van der Waals surface area (Å²) in [6.07, 6.45) is 2.35. The molecule has 1 fully saturated rings. The highest BCUT2D eigenvalue weighted by atomic mass is 32.2. The van der Waals surface area contributed by atoms with Crippen molar-refractivity contribution in [3.8, 4) is 0 Å². The second kappa shape index (κ2) is 8.82. The van der Waals surface area contributed by atoms with Crippen LogP contribution in [0.3, 0.4) is 0 Å². The Labute approximate surface area is 109 Å². The van der Waals surface area contributed by atoms with Crippen LogP contribution in [0.5, 0.6) is 0 Å². The molecular weight excluding hydrogens is 256 g/mol. The third kappa shape index (κ3) is 8.82. The van der Waals surface area contributed by atoms with E-state index in [9.17, 15) is 8.42 Å². The van der Waals surface area contributed by atoms with Gasteiger partial charge in [-0.05, 0) is 12.8 Å². The molecule has 0 unspecified atom stereocenters. The van der Waals surface area contributed by atoms with E-state index >= 15 is 0 Å². The normalized spacial score (nSPS) is 18.1. The molecular formula is C11H24N2O4S. The second-order valence-corrected chi connectivity index (χ2v) is 6.23. The quantitative estimate of drug-likeness (QED) is 0.591. The zero-order valence-corrected chi connectivity index (χ0v) is 11.7. The van der Waals surface area contributed by atoms with Crippen molar-refractivity contribution in [1.82, 2.24) is 4.90 Å². The minimum absolute atomic E-state index is 0.0702. The Morgan fingerprint density at radius 3 is 2.50 bits per heavy atom. The van der Waals surface area contributed by atoms with E-state index in [1.807, 2.05) is 0 Å². The molecule has 2 N–H and O–H groups in total. The van der Waals surface area contributed by atoms with Crippen LogP contribution in [-0.4, -0.2) is 65.1 Å². The van der Waals surface area contributed by atoms with E-state index < -0.39 is 10.0 Å². The van der Waals surface area contributed by atoms with Gasteiger partial charge in [0.2, 0.25) is 10.0 Å². The summed E-state index contributed by atoms with van der Waals surface area (Å²) in [5.41, 5.74) is 0. The summed E-state index contributed by atoms with van der Waals surface area (Å²) in [6.45, 7) is 5.96. The lowest BCUT2D eigenvalue weighted by molar-refractivity contribution is 0.0201. The maximum absolute atomic E-state index is 10.7. The van der Waals surface area contributed by atoms with Gasteiger partial charge in [0, 0.05) is 26.2 Å². The maximum atomic E-state index is 10.7. The van der Waals surface area contributed by atoms with Gasteiger partial charge in [-0.1, -0.05) is 6.42 Å². The first-order valence-electron chi connectivity index (χ1n) is 6.46. The van der Waals surface area contributed by atoms with Crippen molar-refractivity contribution in [3.05, 3.63) is 0 Å². The highest BCUT2D eigenvalue weighted by molar-refractivity contribution is 7.89. The number of rotatable bonds is 9. The van der Waals surface area contributed by atoms with E-state index in [-0.39, 0.29) is 5.75 Å². The van der Waals surface area contributed by atoms with Gasteiger partial charge in [-0.25, -0.2) is 13.6 Å². The first kappa shape index (κ1) is 15.8. The van der Waals surface area contributed by atoms with Crippen LogP contribution in [-0.2, 0) is 19.5 Å². The number of nitrogens with two attached hydrogens (primary N) is 1. The highest BCUT2D eigenvalue weighted by Gasteiger charge is 2.09. The largest absolute Gasteiger partial charge is 0.380 e. The molecule has 0 saturated carbocycles. The molecule has 1 saturated heterocycles. The molecule has 0 radical (unpaired) electrons. The third-order valence-corrected chi connectivity index (χ3v) is 3.73. The van der Waals surface area contributed by atoms with Crippen LogP contribution in [0, 0.1) is 0 Å². The molecule has 0 atom stereocenters. The van der Waals surface area contributed by atoms with Crippen molar-refractivity contribution in [2.45, 2.75) is 19.3 Å². The van der Waals surface area contributed by atoms with Gasteiger partial charge in [0.1, 0.15) is 0 Å². The standard InChI is InChI=1S/C11H24N2O4S/c12-18(14,15)11-3-1-2-7-16-8-4-13-5-9-17-10-6-13/h1-11H2,(H2,12,14,15). The lowest BCUT2D eigenvalue weighted by Crippen LogP contribution is -2.38. The highest BCUT2D eigenvalue weighted by Crippen LogP contribution is 1.99. The van der Waals surface area contributed by atoms with Gasteiger partial charge >= 0.3 is 0 Å². The molecule has 0 aromatic carbocycles. The Kier molecular flexibility index (Phi) is 7.76. The second-order valence-electron chi connectivity index (χ2n) is 4.49. The number of hydrogen-bond donors (Lipinski definition) is 1. The first-order valence-corrected chi connectivity index (χ1v) is 8.18. The Morgan fingerprint density at radius 1 is 1.11 bits per heavy atom. The topological polar surface area (TPSA) is 81.9 Å². The number of nitrogens with zero attached hydrogens (tertiary/aromatic N) is 1. The lowest BCUT2D eigenvalue weighted by Gasteiger charge is -2.26. The molecule has 0 aromatic heterocycles. The van der Waals surface area contributed by atoms with Crippen LogP contribution in [0.4, 0.5) is 0 Å². The van der Waals surface area contributed by atoms with Crippen LogP contribution in [0.1, 0.15) is 19.3 Å². The summed E-state index contributed by atoms with van der Waals surface area (Å²) in [4.78, 5) is 2.32. The molecule has 0 amide bonds. The number of hydrogen-bond acceptors (Lipinski definition) is 5. The van der Waals surface area contributed by atoms with E-state index in [1.54, 1.807) is 0 Å². The number of primary sulfonamides is 1. The Hall–Kier alpha value is -0.210. The van der Waals surface area contributed by atoms with Crippen LogP contribution >= 0.6 is 0 Å². The predicted molar refractivity (Wildman–Crippen MR) is 69.9 cm³/mol. The van der Waals surface area contributed by atoms with E-state index in [0.29, 0.717) is 13.0 Å². The van der Waals surface area contributed by atoms with Crippen LogP contribution in [0.2, 0.25) is 0 Å². The van der Waals surface area contributed by atoms with Crippen molar-refractivity contribution in [1.29, 1.82) is 0 Å².